The quantitative estimate of drug-likeness (QED) is 0.724. The summed E-state index contributed by atoms with van der Waals surface area (Å²) < 4.78 is 66.9. The summed E-state index contributed by atoms with van der Waals surface area (Å²) in [5.74, 6) is -0.229. The van der Waals surface area contributed by atoms with Crippen molar-refractivity contribution in [2.24, 2.45) is 0 Å². The van der Waals surface area contributed by atoms with Crippen LogP contribution in [0.3, 0.4) is 0 Å². The van der Waals surface area contributed by atoms with Crippen LogP contribution >= 0.6 is 0 Å². The molecule has 0 aromatic heterocycles. The van der Waals surface area contributed by atoms with Crippen molar-refractivity contribution in [1.82, 2.24) is 4.90 Å². The minimum atomic E-state index is -4.69. The van der Waals surface area contributed by atoms with Gasteiger partial charge >= 0.3 is 6.36 Å². The summed E-state index contributed by atoms with van der Waals surface area (Å²) in [6.45, 7) is 2.65. The fourth-order valence-corrected chi connectivity index (χ4v) is 5.50. The molecule has 2 aromatic rings. The van der Waals surface area contributed by atoms with Crippen LogP contribution in [0.1, 0.15) is 24.0 Å². The van der Waals surface area contributed by atoms with Gasteiger partial charge in [0.15, 0.2) is 0 Å². The molecule has 0 radical (unpaired) electrons. The molecule has 4 rings (SSSR count). The van der Waals surface area contributed by atoms with E-state index >= 15 is 0 Å². The van der Waals surface area contributed by atoms with Crippen LogP contribution in [0, 0.1) is 0 Å². The van der Waals surface area contributed by atoms with Gasteiger partial charge in [-0.1, -0.05) is 30.3 Å². The average Bonchev–Trinajstić information content (AvgIpc) is 2.99. The molecule has 2 aromatic carbocycles. The van der Waals surface area contributed by atoms with Crippen molar-refractivity contribution in [3.05, 3.63) is 59.7 Å². The van der Waals surface area contributed by atoms with E-state index in [1.807, 2.05) is 24.3 Å². The number of halogens is 3. The number of nitrogens with zero attached hydrogens (tertiary/aromatic N) is 2. The Kier molecular flexibility index (Phi) is 5.22. The lowest BCUT2D eigenvalue weighted by atomic mass is 9.74. The standard InChI is InChI=1S/C21H23F3N2O3S/c1-30(27,28)26-15-20(18-4-2-3-5-19(18)26)10-12-25(13-11-20)14-16-6-8-17(9-7-16)29-21(22,23)24/h2-9H,10-15H2,1H3. The highest BCUT2D eigenvalue weighted by molar-refractivity contribution is 7.92. The molecule has 30 heavy (non-hydrogen) atoms. The third kappa shape index (κ3) is 4.27. The number of benzene rings is 2. The van der Waals surface area contributed by atoms with Crippen LogP contribution in [-0.2, 0) is 22.0 Å². The summed E-state index contributed by atoms with van der Waals surface area (Å²) >= 11 is 0. The minimum absolute atomic E-state index is 0.194. The smallest absolute Gasteiger partial charge is 0.406 e. The van der Waals surface area contributed by atoms with Crippen molar-refractivity contribution in [1.29, 1.82) is 0 Å². The Morgan fingerprint density at radius 3 is 2.27 bits per heavy atom. The predicted octanol–water partition coefficient (Wildman–Crippen LogP) is 3.90. The van der Waals surface area contributed by atoms with Crippen LogP contribution < -0.4 is 9.04 Å². The minimum Gasteiger partial charge on any atom is -0.406 e. The molecule has 0 saturated carbocycles. The summed E-state index contributed by atoms with van der Waals surface area (Å²) in [7, 11) is -3.34. The summed E-state index contributed by atoms with van der Waals surface area (Å²) in [6.07, 6.45) is -1.80. The number of piperidine rings is 1. The zero-order valence-corrected chi connectivity index (χ0v) is 17.3. The van der Waals surface area contributed by atoms with Gasteiger partial charge in [-0.15, -0.1) is 13.2 Å². The van der Waals surface area contributed by atoms with Crippen LogP contribution in [0.15, 0.2) is 48.5 Å². The van der Waals surface area contributed by atoms with E-state index in [9.17, 15) is 21.6 Å². The van der Waals surface area contributed by atoms with Gasteiger partial charge in [-0.05, 0) is 55.3 Å². The number of hydrogen-bond donors (Lipinski definition) is 0. The van der Waals surface area contributed by atoms with Crippen LogP contribution in [0.2, 0.25) is 0 Å². The first-order chi connectivity index (χ1) is 14.1. The average molecular weight is 440 g/mol. The fourth-order valence-electron chi connectivity index (χ4n) is 4.50. The molecule has 1 saturated heterocycles. The summed E-state index contributed by atoms with van der Waals surface area (Å²) in [6, 6.07) is 13.6. The van der Waals surface area contributed by atoms with E-state index in [2.05, 4.69) is 9.64 Å². The highest BCUT2D eigenvalue weighted by Gasteiger charge is 2.46. The van der Waals surface area contributed by atoms with Crippen LogP contribution in [0.25, 0.3) is 0 Å². The Hall–Kier alpha value is -2.26. The largest absolute Gasteiger partial charge is 0.573 e. The first kappa shape index (κ1) is 21.0. The second-order valence-electron chi connectivity index (χ2n) is 8.04. The monoisotopic (exact) mass is 440 g/mol. The Balaban J connectivity index is 1.43. The Bertz CT molecular complexity index is 1010. The van der Waals surface area contributed by atoms with Crippen molar-refractivity contribution in [2.75, 3.05) is 30.2 Å². The van der Waals surface area contributed by atoms with Crippen molar-refractivity contribution < 1.29 is 26.3 Å². The van der Waals surface area contributed by atoms with Crippen LogP contribution in [0.4, 0.5) is 18.9 Å². The third-order valence-electron chi connectivity index (χ3n) is 5.97. The van der Waals surface area contributed by atoms with Gasteiger partial charge in [0.1, 0.15) is 5.75 Å². The molecule has 2 aliphatic heterocycles. The van der Waals surface area contributed by atoms with E-state index in [4.69, 9.17) is 0 Å². The molecule has 1 spiro atoms. The highest BCUT2D eigenvalue weighted by Crippen LogP contribution is 2.47. The highest BCUT2D eigenvalue weighted by atomic mass is 32.2. The van der Waals surface area contributed by atoms with Gasteiger partial charge in [-0.25, -0.2) is 8.42 Å². The molecule has 0 amide bonds. The van der Waals surface area contributed by atoms with Crippen molar-refractivity contribution >= 4 is 15.7 Å². The van der Waals surface area contributed by atoms with Gasteiger partial charge < -0.3 is 4.74 Å². The molecule has 2 heterocycles. The number of ether oxygens (including phenoxy) is 1. The summed E-state index contributed by atoms with van der Waals surface area (Å²) in [5, 5.41) is 0. The molecular formula is C21H23F3N2O3S. The first-order valence-electron chi connectivity index (χ1n) is 9.70. The SMILES string of the molecule is CS(=O)(=O)N1CC2(CCN(Cc3ccc(OC(F)(F)F)cc3)CC2)c2ccccc21. The molecule has 5 nitrogen and oxygen atoms in total. The predicted molar refractivity (Wildman–Crippen MR) is 108 cm³/mol. The molecule has 9 heteroatoms. The summed E-state index contributed by atoms with van der Waals surface area (Å²) in [4.78, 5) is 2.25. The number of rotatable bonds is 4. The maximum atomic E-state index is 12.3. The Labute approximate surface area is 174 Å². The van der Waals surface area contributed by atoms with E-state index in [0.29, 0.717) is 13.1 Å². The number of anilines is 1. The zero-order valence-electron chi connectivity index (χ0n) is 16.5. The molecular weight excluding hydrogens is 417 g/mol. The van der Waals surface area contributed by atoms with Gasteiger partial charge in [0.05, 0.1) is 11.9 Å². The lowest BCUT2D eigenvalue weighted by Crippen LogP contribution is -2.45. The van der Waals surface area contributed by atoms with Crippen LogP contribution in [0.5, 0.6) is 5.75 Å². The first-order valence-corrected chi connectivity index (χ1v) is 11.5. The Morgan fingerprint density at radius 2 is 1.67 bits per heavy atom. The molecule has 162 valence electrons. The molecule has 0 N–H and O–H groups in total. The molecule has 0 aliphatic carbocycles. The van der Waals surface area contributed by atoms with E-state index in [0.717, 1.165) is 42.7 Å². The van der Waals surface area contributed by atoms with Crippen LogP contribution in [-0.4, -0.2) is 45.6 Å². The number of alkyl halides is 3. The van der Waals surface area contributed by atoms with Gasteiger partial charge in [0.25, 0.3) is 0 Å². The number of likely N-dealkylation sites (tertiary alicyclic amines) is 1. The van der Waals surface area contributed by atoms with Gasteiger partial charge in [0.2, 0.25) is 10.0 Å². The lowest BCUT2D eigenvalue weighted by molar-refractivity contribution is -0.274. The van der Waals surface area contributed by atoms with Crippen molar-refractivity contribution in [3.8, 4) is 5.75 Å². The zero-order chi connectivity index (χ0) is 21.6. The molecule has 0 unspecified atom stereocenters. The fraction of sp³-hybridized carbons (Fsp3) is 0.429. The molecule has 0 atom stereocenters. The number of fused-ring (bicyclic) bond motifs is 2. The Morgan fingerprint density at radius 1 is 1.03 bits per heavy atom. The molecule has 2 aliphatic rings. The number of hydrogen-bond acceptors (Lipinski definition) is 4. The second kappa shape index (κ2) is 7.46. The normalized spacial score (nSPS) is 19.1. The van der Waals surface area contributed by atoms with Crippen molar-refractivity contribution in [3.63, 3.8) is 0 Å². The number of para-hydroxylation sites is 1. The van der Waals surface area contributed by atoms with E-state index < -0.39 is 16.4 Å². The number of sulfonamides is 1. The van der Waals surface area contributed by atoms with Gasteiger partial charge in [-0.2, -0.15) is 0 Å². The molecule has 0 bridgehead atoms. The van der Waals surface area contributed by atoms with E-state index in [-0.39, 0.29) is 11.2 Å². The van der Waals surface area contributed by atoms with E-state index in [1.54, 1.807) is 12.1 Å². The third-order valence-corrected chi connectivity index (χ3v) is 7.09. The van der Waals surface area contributed by atoms with Gasteiger partial charge in [-0.3, -0.25) is 9.21 Å². The second-order valence-corrected chi connectivity index (χ2v) is 9.94. The lowest BCUT2D eigenvalue weighted by Gasteiger charge is -2.39. The summed E-state index contributed by atoms with van der Waals surface area (Å²) in [5.41, 5.74) is 2.57. The maximum Gasteiger partial charge on any atom is 0.573 e. The van der Waals surface area contributed by atoms with Gasteiger partial charge in [0, 0.05) is 18.5 Å². The topological polar surface area (TPSA) is 49.9 Å². The maximum absolute atomic E-state index is 12.3. The van der Waals surface area contributed by atoms with Crippen molar-refractivity contribution in [2.45, 2.75) is 31.2 Å². The molecule has 1 fully saturated rings. The van der Waals surface area contributed by atoms with E-state index in [1.165, 1.54) is 22.7 Å².